The van der Waals surface area contributed by atoms with Gasteiger partial charge in [-0.1, -0.05) is 68.4 Å². The molecule has 0 unspecified atom stereocenters. The van der Waals surface area contributed by atoms with Crippen molar-refractivity contribution in [2.75, 3.05) is 7.11 Å². The van der Waals surface area contributed by atoms with Gasteiger partial charge in [0.25, 0.3) is 0 Å². The number of carbonyl (C=O) groups is 1. The molecule has 0 aliphatic rings. The summed E-state index contributed by atoms with van der Waals surface area (Å²) in [6.07, 6.45) is 4.08. The third kappa shape index (κ3) is 4.67. The lowest BCUT2D eigenvalue weighted by Crippen LogP contribution is -2.37. The van der Waals surface area contributed by atoms with Gasteiger partial charge in [-0.2, -0.15) is 0 Å². The van der Waals surface area contributed by atoms with Crippen LogP contribution in [-0.4, -0.2) is 21.2 Å². The highest BCUT2D eigenvalue weighted by Crippen LogP contribution is 2.22. The Morgan fingerprint density at radius 2 is 1.89 bits per heavy atom. The molecule has 0 saturated carbocycles. The van der Waals surface area contributed by atoms with Crippen molar-refractivity contribution in [1.29, 1.82) is 0 Å². The zero-order valence-corrected chi connectivity index (χ0v) is 13.4. The third-order valence-electron chi connectivity index (χ3n) is 3.26. The maximum Gasteiger partial charge on any atom is 0.329 e. The summed E-state index contributed by atoms with van der Waals surface area (Å²) in [4.78, 5) is 12.0. The molecule has 3 heteroatoms. The van der Waals surface area contributed by atoms with E-state index >= 15 is 0 Å². The Morgan fingerprint density at radius 3 is 2.42 bits per heavy atom. The topological polar surface area (TPSA) is 26.3 Å². The fourth-order valence-corrected chi connectivity index (χ4v) is 5.03. The number of methoxy groups -OCH3 is 1. The number of esters is 1. The Hall–Kier alpha value is -1.35. The number of ether oxygens (including phenoxy) is 1. The van der Waals surface area contributed by atoms with Gasteiger partial charge in [-0.15, -0.1) is 0 Å². The zero-order chi connectivity index (χ0) is 14.3. The van der Waals surface area contributed by atoms with Gasteiger partial charge in [-0.3, -0.25) is 0 Å². The SMILES string of the molecule is CCC/C=C(\C(=O)OC)[Si](C)(C)Cc1ccccc1. The van der Waals surface area contributed by atoms with Crippen LogP contribution < -0.4 is 0 Å². The Balaban J connectivity index is 2.95. The van der Waals surface area contributed by atoms with Crippen molar-refractivity contribution in [2.45, 2.75) is 38.9 Å². The quantitative estimate of drug-likeness (QED) is 0.447. The van der Waals surface area contributed by atoms with Gasteiger partial charge in [-0.05, 0) is 12.5 Å². The first-order valence-electron chi connectivity index (χ1n) is 6.84. The molecule has 1 rings (SSSR count). The van der Waals surface area contributed by atoms with Crippen molar-refractivity contribution >= 4 is 14.0 Å². The maximum absolute atomic E-state index is 12.0. The maximum atomic E-state index is 12.0. The molecular formula is C16H24O2Si. The van der Waals surface area contributed by atoms with E-state index in [9.17, 15) is 4.79 Å². The second kappa shape index (κ2) is 7.29. The Labute approximate surface area is 117 Å². The molecule has 0 bridgehead atoms. The normalized spacial score (nSPS) is 12.3. The van der Waals surface area contributed by atoms with E-state index in [1.54, 1.807) is 0 Å². The summed E-state index contributed by atoms with van der Waals surface area (Å²) in [6, 6.07) is 11.3. The smallest absolute Gasteiger partial charge is 0.329 e. The highest BCUT2D eigenvalue weighted by atomic mass is 28.3. The summed E-state index contributed by atoms with van der Waals surface area (Å²) in [6.45, 7) is 6.59. The molecule has 1 aromatic carbocycles. The second-order valence-corrected chi connectivity index (χ2v) is 10.1. The number of unbranched alkanes of at least 4 members (excludes halogenated alkanes) is 1. The van der Waals surface area contributed by atoms with Crippen molar-refractivity contribution in [1.82, 2.24) is 0 Å². The molecule has 1 aromatic rings. The first-order valence-corrected chi connectivity index (χ1v) is 10.0. The average molecular weight is 276 g/mol. The summed E-state index contributed by atoms with van der Waals surface area (Å²) in [7, 11) is -0.341. The number of hydrogen-bond donors (Lipinski definition) is 0. The van der Waals surface area contributed by atoms with E-state index in [2.05, 4.69) is 38.2 Å². The van der Waals surface area contributed by atoms with Crippen LogP contribution in [-0.2, 0) is 15.6 Å². The summed E-state index contributed by atoms with van der Waals surface area (Å²) in [5.41, 5.74) is 1.30. The van der Waals surface area contributed by atoms with Gasteiger partial charge >= 0.3 is 5.97 Å². The van der Waals surface area contributed by atoms with Crippen molar-refractivity contribution < 1.29 is 9.53 Å². The van der Waals surface area contributed by atoms with Crippen LogP contribution in [0, 0.1) is 0 Å². The van der Waals surface area contributed by atoms with E-state index in [1.807, 2.05) is 18.2 Å². The molecule has 0 radical (unpaired) electrons. The lowest BCUT2D eigenvalue weighted by molar-refractivity contribution is -0.135. The Kier molecular flexibility index (Phi) is 6.02. The molecule has 0 aliphatic heterocycles. The van der Waals surface area contributed by atoms with Gasteiger partial charge in [0.05, 0.1) is 15.2 Å². The summed E-state index contributed by atoms with van der Waals surface area (Å²) in [5, 5.41) is 0.917. The fourth-order valence-electron chi connectivity index (χ4n) is 2.24. The molecule has 0 atom stereocenters. The number of carbonyl (C=O) groups excluding carboxylic acids is 1. The van der Waals surface area contributed by atoms with E-state index in [-0.39, 0.29) is 5.97 Å². The lowest BCUT2D eigenvalue weighted by Gasteiger charge is -2.24. The molecule has 0 N–H and O–H groups in total. The van der Waals surface area contributed by atoms with Crippen LogP contribution in [0.2, 0.25) is 13.1 Å². The van der Waals surface area contributed by atoms with Gasteiger partial charge < -0.3 is 4.74 Å². The van der Waals surface area contributed by atoms with Gasteiger partial charge in [0.15, 0.2) is 0 Å². The van der Waals surface area contributed by atoms with Crippen molar-refractivity contribution in [2.24, 2.45) is 0 Å². The molecule has 0 heterocycles. The first-order chi connectivity index (χ1) is 9.01. The standard InChI is InChI=1S/C16H24O2Si/c1-5-6-12-15(16(17)18-2)19(3,4)13-14-10-8-7-9-11-14/h7-12H,5-6,13H2,1-4H3/b15-12+. The number of hydrogen-bond acceptors (Lipinski definition) is 2. The summed E-state index contributed by atoms with van der Waals surface area (Å²) < 4.78 is 4.96. The van der Waals surface area contributed by atoms with E-state index in [4.69, 9.17) is 4.74 Å². The lowest BCUT2D eigenvalue weighted by atomic mass is 10.2. The van der Waals surface area contributed by atoms with Gasteiger partial charge in [0, 0.05) is 5.20 Å². The monoisotopic (exact) mass is 276 g/mol. The minimum absolute atomic E-state index is 0.152. The van der Waals surface area contributed by atoms with Crippen molar-refractivity contribution in [3.8, 4) is 0 Å². The number of benzene rings is 1. The van der Waals surface area contributed by atoms with Crippen LogP contribution >= 0.6 is 0 Å². The molecule has 0 spiro atoms. The molecule has 2 nitrogen and oxygen atoms in total. The highest BCUT2D eigenvalue weighted by molar-refractivity contribution is 6.87. The van der Waals surface area contributed by atoms with E-state index in [0.717, 1.165) is 24.1 Å². The van der Waals surface area contributed by atoms with E-state index in [0.29, 0.717) is 0 Å². The number of rotatable bonds is 6. The van der Waals surface area contributed by atoms with Crippen LogP contribution in [0.5, 0.6) is 0 Å². The molecular weight excluding hydrogens is 252 g/mol. The van der Waals surface area contributed by atoms with Crippen molar-refractivity contribution in [3.05, 3.63) is 47.2 Å². The van der Waals surface area contributed by atoms with Crippen LogP contribution in [0.15, 0.2) is 41.6 Å². The van der Waals surface area contributed by atoms with E-state index < -0.39 is 8.07 Å². The largest absolute Gasteiger partial charge is 0.466 e. The third-order valence-corrected chi connectivity index (χ3v) is 6.42. The molecule has 0 saturated heterocycles. The van der Waals surface area contributed by atoms with E-state index in [1.165, 1.54) is 12.7 Å². The van der Waals surface area contributed by atoms with Crippen LogP contribution in [0.3, 0.4) is 0 Å². The van der Waals surface area contributed by atoms with Gasteiger partial charge in [0.1, 0.15) is 0 Å². The molecule has 19 heavy (non-hydrogen) atoms. The van der Waals surface area contributed by atoms with Crippen molar-refractivity contribution in [3.63, 3.8) is 0 Å². The fraction of sp³-hybridized carbons (Fsp3) is 0.438. The summed E-state index contributed by atoms with van der Waals surface area (Å²) >= 11 is 0. The van der Waals surface area contributed by atoms with Crippen LogP contribution in [0.1, 0.15) is 25.3 Å². The van der Waals surface area contributed by atoms with Crippen LogP contribution in [0.25, 0.3) is 0 Å². The zero-order valence-electron chi connectivity index (χ0n) is 12.4. The predicted octanol–water partition coefficient (Wildman–Crippen LogP) is 3.92. The van der Waals surface area contributed by atoms with Gasteiger partial charge in [-0.25, -0.2) is 4.79 Å². The Morgan fingerprint density at radius 1 is 1.26 bits per heavy atom. The molecule has 0 amide bonds. The summed E-state index contributed by atoms with van der Waals surface area (Å²) in [5.74, 6) is -0.152. The molecule has 104 valence electrons. The minimum Gasteiger partial charge on any atom is -0.466 e. The first kappa shape index (κ1) is 15.7. The predicted molar refractivity (Wildman–Crippen MR) is 82.6 cm³/mol. The van der Waals surface area contributed by atoms with Gasteiger partial charge in [0.2, 0.25) is 0 Å². The average Bonchev–Trinajstić information content (AvgIpc) is 2.39. The molecule has 0 aliphatic carbocycles. The molecule has 0 aromatic heterocycles. The molecule has 0 fully saturated rings. The number of allylic oxidation sites excluding steroid dienone is 1. The minimum atomic E-state index is -1.81. The van der Waals surface area contributed by atoms with Crippen LogP contribution in [0.4, 0.5) is 0 Å². The Bertz CT molecular complexity index is 435. The highest BCUT2D eigenvalue weighted by Gasteiger charge is 2.31. The second-order valence-electron chi connectivity index (χ2n) is 5.44.